The van der Waals surface area contributed by atoms with Gasteiger partial charge in [-0.1, -0.05) is 56.5 Å². The third-order valence-electron chi connectivity index (χ3n) is 3.14. The molecule has 120 valence electrons. The minimum atomic E-state index is -0.402. The van der Waals surface area contributed by atoms with Crippen LogP contribution in [0.15, 0.2) is 36.4 Å². The Morgan fingerprint density at radius 2 is 1.91 bits per heavy atom. The van der Waals surface area contributed by atoms with Gasteiger partial charge in [-0.3, -0.25) is 4.79 Å². The molecule has 0 radical (unpaired) electrons. The van der Waals surface area contributed by atoms with Gasteiger partial charge in [0.2, 0.25) is 5.91 Å². The number of carbonyl (C=O) groups is 2. The summed E-state index contributed by atoms with van der Waals surface area (Å²) in [5, 5.41) is 2.75. The summed E-state index contributed by atoms with van der Waals surface area (Å²) >= 11 is 0. The van der Waals surface area contributed by atoms with Crippen LogP contribution < -0.4 is 5.32 Å². The van der Waals surface area contributed by atoms with Gasteiger partial charge in [0.1, 0.15) is 6.61 Å². The van der Waals surface area contributed by atoms with Crippen molar-refractivity contribution in [3.8, 4) is 0 Å². The van der Waals surface area contributed by atoms with E-state index >= 15 is 0 Å². The Bertz CT molecular complexity index is 468. The Morgan fingerprint density at radius 3 is 2.64 bits per heavy atom. The van der Waals surface area contributed by atoms with Crippen molar-refractivity contribution < 1.29 is 14.3 Å². The second kappa shape index (κ2) is 11.5. The Kier molecular flexibility index (Phi) is 9.42. The summed E-state index contributed by atoms with van der Waals surface area (Å²) in [6.07, 6.45) is 7.97. The monoisotopic (exact) mass is 303 g/mol. The third kappa shape index (κ3) is 8.95. The maximum absolute atomic E-state index is 11.5. The summed E-state index contributed by atoms with van der Waals surface area (Å²) in [5.41, 5.74) is 0.944. The molecular formula is C18H25NO3. The summed E-state index contributed by atoms with van der Waals surface area (Å²) in [7, 11) is 0. The van der Waals surface area contributed by atoms with Crippen LogP contribution in [0.1, 0.15) is 44.6 Å². The van der Waals surface area contributed by atoms with Gasteiger partial charge in [-0.05, 0) is 18.1 Å². The van der Waals surface area contributed by atoms with Crippen molar-refractivity contribution in [1.82, 2.24) is 5.32 Å². The SMILES string of the molecule is CCCCCCC(=O)NCCOC(=O)/C=C/c1ccccc1. The number of nitrogens with one attached hydrogen (secondary N) is 1. The van der Waals surface area contributed by atoms with Crippen LogP contribution in [0.4, 0.5) is 0 Å². The molecule has 1 N–H and O–H groups in total. The Balaban J connectivity index is 2.07. The molecule has 1 aromatic carbocycles. The van der Waals surface area contributed by atoms with Gasteiger partial charge in [-0.2, -0.15) is 0 Å². The molecule has 0 saturated heterocycles. The summed E-state index contributed by atoms with van der Waals surface area (Å²) in [6, 6.07) is 9.54. The van der Waals surface area contributed by atoms with Gasteiger partial charge in [0.05, 0.1) is 6.54 Å². The number of benzene rings is 1. The zero-order valence-corrected chi connectivity index (χ0v) is 13.2. The van der Waals surface area contributed by atoms with Gasteiger partial charge < -0.3 is 10.1 Å². The number of hydrogen-bond acceptors (Lipinski definition) is 3. The summed E-state index contributed by atoms with van der Waals surface area (Å²) in [4.78, 5) is 23.0. The molecule has 4 nitrogen and oxygen atoms in total. The predicted molar refractivity (Wildman–Crippen MR) is 88.2 cm³/mol. The van der Waals surface area contributed by atoms with Crippen molar-refractivity contribution in [2.75, 3.05) is 13.2 Å². The lowest BCUT2D eigenvalue weighted by Crippen LogP contribution is -2.27. The van der Waals surface area contributed by atoms with Gasteiger partial charge in [-0.15, -0.1) is 0 Å². The standard InChI is InChI=1S/C18H25NO3/c1-2-3-4-8-11-17(20)19-14-15-22-18(21)13-12-16-9-6-5-7-10-16/h5-7,9-10,12-13H,2-4,8,11,14-15H2,1H3,(H,19,20)/b13-12+. The molecule has 0 bridgehead atoms. The van der Waals surface area contributed by atoms with Gasteiger partial charge in [0.15, 0.2) is 0 Å². The minimum Gasteiger partial charge on any atom is -0.461 e. The van der Waals surface area contributed by atoms with E-state index in [0.717, 1.165) is 24.8 Å². The summed E-state index contributed by atoms with van der Waals surface area (Å²) in [6.45, 7) is 2.69. The Morgan fingerprint density at radius 1 is 1.14 bits per heavy atom. The number of carbonyl (C=O) groups excluding carboxylic acids is 2. The molecule has 1 amide bonds. The average molecular weight is 303 g/mol. The summed E-state index contributed by atoms with van der Waals surface area (Å²) < 4.78 is 5.02. The molecule has 1 rings (SSSR count). The first-order valence-corrected chi connectivity index (χ1v) is 7.89. The van der Waals surface area contributed by atoms with Crippen LogP contribution in [0.3, 0.4) is 0 Å². The van der Waals surface area contributed by atoms with Crippen LogP contribution in [-0.4, -0.2) is 25.0 Å². The number of amides is 1. The number of hydrogen-bond donors (Lipinski definition) is 1. The lowest BCUT2D eigenvalue weighted by atomic mass is 10.1. The Hall–Kier alpha value is -2.10. The first-order valence-electron chi connectivity index (χ1n) is 7.89. The van der Waals surface area contributed by atoms with E-state index in [9.17, 15) is 9.59 Å². The second-order valence-corrected chi connectivity index (χ2v) is 5.07. The smallest absolute Gasteiger partial charge is 0.330 e. The average Bonchev–Trinajstić information content (AvgIpc) is 2.55. The highest BCUT2D eigenvalue weighted by Crippen LogP contribution is 2.02. The molecule has 0 aliphatic carbocycles. The van der Waals surface area contributed by atoms with Crippen molar-refractivity contribution in [3.63, 3.8) is 0 Å². The zero-order valence-electron chi connectivity index (χ0n) is 13.2. The van der Waals surface area contributed by atoms with Gasteiger partial charge >= 0.3 is 5.97 Å². The van der Waals surface area contributed by atoms with E-state index in [2.05, 4.69) is 12.2 Å². The molecule has 1 aromatic rings. The first kappa shape index (κ1) is 18.0. The predicted octanol–water partition coefficient (Wildman–Crippen LogP) is 3.33. The van der Waals surface area contributed by atoms with Gasteiger partial charge in [0.25, 0.3) is 0 Å². The quantitative estimate of drug-likeness (QED) is 0.410. The molecular weight excluding hydrogens is 278 g/mol. The number of rotatable bonds is 10. The second-order valence-electron chi connectivity index (χ2n) is 5.07. The topological polar surface area (TPSA) is 55.4 Å². The molecule has 0 aliphatic heterocycles. The largest absolute Gasteiger partial charge is 0.461 e. The number of esters is 1. The van der Waals surface area contributed by atoms with E-state index in [1.807, 2.05) is 30.3 Å². The highest BCUT2D eigenvalue weighted by atomic mass is 16.5. The van der Waals surface area contributed by atoms with Crippen LogP contribution in [0.2, 0.25) is 0 Å². The van der Waals surface area contributed by atoms with Crippen molar-refractivity contribution in [3.05, 3.63) is 42.0 Å². The zero-order chi connectivity index (χ0) is 16.0. The van der Waals surface area contributed by atoms with E-state index in [1.54, 1.807) is 6.08 Å². The van der Waals surface area contributed by atoms with Crippen LogP contribution in [0.25, 0.3) is 6.08 Å². The van der Waals surface area contributed by atoms with Gasteiger partial charge in [0, 0.05) is 12.5 Å². The molecule has 0 fully saturated rings. The van der Waals surface area contributed by atoms with Crippen molar-refractivity contribution in [2.45, 2.75) is 39.0 Å². The molecule has 0 atom stereocenters. The molecule has 0 heterocycles. The molecule has 0 aromatic heterocycles. The van der Waals surface area contributed by atoms with Crippen molar-refractivity contribution in [1.29, 1.82) is 0 Å². The molecule has 0 aliphatic rings. The number of unbranched alkanes of at least 4 members (excludes halogenated alkanes) is 3. The van der Waals surface area contributed by atoms with E-state index in [1.165, 1.54) is 12.5 Å². The molecule has 0 spiro atoms. The number of ether oxygens (including phenoxy) is 1. The maximum atomic E-state index is 11.5. The summed E-state index contributed by atoms with van der Waals surface area (Å²) in [5.74, 6) is -0.381. The lowest BCUT2D eigenvalue weighted by molar-refractivity contribution is -0.138. The normalized spacial score (nSPS) is 10.6. The minimum absolute atomic E-state index is 0.0204. The molecule has 0 saturated carbocycles. The van der Waals surface area contributed by atoms with Crippen LogP contribution in [0.5, 0.6) is 0 Å². The van der Waals surface area contributed by atoms with E-state index in [4.69, 9.17) is 4.74 Å². The lowest BCUT2D eigenvalue weighted by Gasteiger charge is -2.05. The van der Waals surface area contributed by atoms with Crippen LogP contribution in [0, 0.1) is 0 Å². The fraction of sp³-hybridized carbons (Fsp3) is 0.444. The Labute approximate surface area is 132 Å². The van der Waals surface area contributed by atoms with Crippen LogP contribution in [-0.2, 0) is 14.3 Å². The van der Waals surface area contributed by atoms with E-state index in [-0.39, 0.29) is 12.5 Å². The van der Waals surface area contributed by atoms with Crippen LogP contribution >= 0.6 is 0 Å². The first-order chi connectivity index (χ1) is 10.7. The molecule has 0 unspecified atom stereocenters. The molecule has 4 heteroatoms. The molecule has 22 heavy (non-hydrogen) atoms. The third-order valence-corrected chi connectivity index (χ3v) is 3.14. The highest BCUT2D eigenvalue weighted by Gasteiger charge is 2.01. The van der Waals surface area contributed by atoms with Crippen molar-refractivity contribution in [2.24, 2.45) is 0 Å². The van der Waals surface area contributed by atoms with Crippen molar-refractivity contribution >= 4 is 18.0 Å². The fourth-order valence-electron chi connectivity index (χ4n) is 1.92. The highest BCUT2D eigenvalue weighted by molar-refractivity contribution is 5.87. The van der Waals surface area contributed by atoms with Gasteiger partial charge in [-0.25, -0.2) is 4.79 Å². The fourth-order valence-corrected chi connectivity index (χ4v) is 1.92. The maximum Gasteiger partial charge on any atom is 0.330 e. The van der Waals surface area contributed by atoms with E-state index < -0.39 is 5.97 Å². The van der Waals surface area contributed by atoms with E-state index in [0.29, 0.717) is 13.0 Å².